The van der Waals surface area contributed by atoms with Crippen LogP contribution in [0.4, 0.5) is 5.69 Å². The fourth-order valence-corrected chi connectivity index (χ4v) is 2.66. The standard InChI is InChI=1S/C13H18N6O/c14-11-6-16-19(8-11)9-13(20)18-5-1-2-10(7-18)12-3-4-15-17-12/h3-4,6,8,10H,1-2,5,7,9,14H2,(H,15,17). The van der Waals surface area contributed by atoms with Crippen LogP contribution in [0.3, 0.4) is 0 Å². The first-order chi connectivity index (χ1) is 9.72. The van der Waals surface area contributed by atoms with Crippen LogP contribution in [0.15, 0.2) is 24.7 Å². The number of H-pyrrole nitrogens is 1. The summed E-state index contributed by atoms with van der Waals surface area (Å²) in [6.07, 6.45) is 7.07. The van der Waals surface area contributed by atoms with E-state index < -0.39 is 0 Å². The summed E-state index contributed by atoms with van der Waals surface area (Å²) >= 11 is 0. The molecule has 0 bridgehead atoms. The number of aromatic nitrogens is 4. The number of hydrogen-bond donors (Lipinski definition) is 2. The van der Waals surface area contributed by atoms with Crippen molar-refractivity contribution >= 4 is 11.6 Å². The van der Waals surface area contributed by atoms with E-state index in [2.05, 4.69) is 15.3 Å². The van der Waals surface area contributed by atoms with Crippen molar-refractivity contribution in [1.82, 2.24) is 24.9 Å². The summed E-state index contributed by atoms with van der Waals surface area (Å²) in [6.45, 7) is 1.78. The van der Waals surface area contributed by atoms with Crippen molar-refractivity contribution in [2.75, 3.05) is 18.8 Å². The molecule has 1 unspecified atom stereocenters. The highest BCUT2D eigenvalue weighted by Gasteiger charge is 2.25. The van der Waals surface area contributed by atoms with Crippen LogP contribution in [0.25, 0.3) is 0 Å². The van der Waals surface area contributed by atoms with E-state index in [-0.39, 0.29) is 12.5 Å². The van der Waals surface area contributed by atoms with Gasteiger partial charge in [0, 0.05) is 37.1 Å². The Bertz CT molecular complexity index is 575. The van der Waals surface area contributed by atoms with Gasteiger partial charge in [0.2, 0.25) is 5.91 Å². The maximum absolute atomic E-state index is 12.3. The first kappa shape index (κ1) is 12.7. The highest BCUT2D eigenvalue weighted by Crippen LogP contribution is 2.25. The van der Waals surface area contributed by atoms with Crippen molar-refractivity contribution in [3.63, 3.8) is 0 Å². The Morgan fingerprint density at radius 2 is 2.45 bits per heavy atom. The third kappa shape index (κ3) is 2.66. The molecule has 2 aromatic heterocycles. The molecule has 1 fully saturated rings. The minimum Gasteiger partial charge on any atom is -0.396 e. The van der Waals surface area contributed by atoms with Crippen molar-refractivity contribution in [2.45, 2.75) is 25.3 Å². The van der Waals surface area contributed by atoms with E-state index in [9.17, 15) is 4.79 Å². The van der Waals surface area contributed by atoms with Gasteiger partial charge in [0.1, 0.15) is 6.54 Å². The zero-order valence-electron chi connectivity index (χ0n) is 11.2. The maximum atomic E-state index is 12.3. The second kappa shape index (κ2) is 5.36. The lowest BCUT2D eigenvalue weighted by Crippen LogP contribution is -2.41. The van der Waals surface area contributed by atoms with Gasteiger partial charge in [0.25, 0.3) is 0 Å². The van der Waals surface area contributed by atoms with Crippen LogP contribution in [0.2, 0.25) is 0 Å². The molecule has 1 saturated heterocycles. The first-order valence-electron chi connectivity index (χ1n) is 6.77. The van der Waals surface area contributed by atoms with Crippen LogP contribution < -0.4 is 5.73 Å². The molecule has 7 nitrogen and oxygen atoms in total. The van der Waals surface area contributed by atoms with Crippen LogP contribution in [0.5, 0.6) is 0 Å². The molecule has 0 spiro atoms. The number of aromatic amines is 1. The molecule has 1 aliphatic rings. The average Bonchev–Trinajstić information content (AvgIpc) is 3.11. The Kier molecular flexibility index (Phi) is 3.41. The SMILES string of the molecule is Nc1cnn(CC(=O)N2CCCC(c3ccn[nH]3)C2)c1. The molecule has 7 heteroatoms. The molecule has 3 N–H and O–H groups in total. The predicted molar refractivity (Wildman–Crippen MR) is 73.8 cm³/mol. The minimum atomic E-state index is 0.0808. The molecule has 1 atom stereocenters. The fraction of sp³-hybridized carbons (Fsp3) is 0.462. The van der Waals surface area contributed by atoms with E-state index >= 15 is 0 Å². The van der Waals surface area contributed by atoms with Crippen LogP contribution >= 0.6 is 0 Å². The number of carbonyl (C=O) groups excluding carboxylic acids is 1. The third-order valence-electron chi connectivity index (χ3n) is 3.69. The number of nitrogens with two attached hydrogens (primary N) is 1. The summed E-state index contributed by atoms with van der Waals surface area (Å²) in [5.41, 5.74) is 7.28. The van der Waals surface area contributed by atoms with Crippen LogP contribution in [-0.4, -0.2) is 43.9 Å². The summed E-state index contributed by atoms with van der Waals surface area (Å²) in [6, 6.07) is 1.98. The first-order valence-corrected chi connectivity index (χ1v) is 6.77. The number of nitrogen functional groups attached to an aromatic ring is 1. The monoisotopic (exact) mass is 274 g/mol. The Hall–Kier alpha value is -2.31. The summed E-state index contributed by atoms with van der Waals surface area (Å²) < 4.78 is 1.58. The van der Waals surface area contributed by atoms with Crippen molar-refractivity contribution in [1.29, 1.82) is 0 Å². The summed E-state index contributed by atoms with van der Waals surface area (Å²) in [5, 5.41) is 11.0. The van der Waals surface area contributed by atoms with Gasteiger partial charge in [-0.1, -0.05) is 0 Å². The molecule has 0 saturated carbocycles. The normalized spacial score (nSPS) is 19.2. The van der Waals surface area contributed by atoms with Crippen LogP contribution in [-0.2, 0) is 11.3 Å². The lowest BCUT2D eigenvalue weighted by molar-refractivity contribution is -0.133. The number of piperidine rings is 1. The topological polar surface area (TPSA) is 92.8 Å². The summed E-state index contributed by atoms with van der Waals surface area (Å²) in [5.74, 6) is 0.426. The smallest absolute Gasteiger partial charge is 0.244 e. The predicted octanol–water partition coefficient (Wildman–Crippen LogP) is 0.595. The molecule has 1 amide bonds. The fourth-order valence-electron chi connectivity index (χ4n) is 2.66. The second-order valence-corrected chi connectivity index (χ2v) is 5.16. The molecular formula is C13H18N6O. The van der Waals surface area contributed by atoms with Gasteiger partial charge in [-0.25, -0.2) is 0 Å². The van der Waals surface area contributed by atoms with Gasteiger partial charge >= 0.3 is 0 Å². The number of nitrogens with zero attached hydrogens (tertiary/aromatic N) is 4. The summed E-state index contributed by atoms with van der Waals surface area (Å²) in [7, 11) is 0. The number of carbonyl (C=O) groups is 1. The van der Waals surface area contributed by atoms with Crippen LogP contribution in [0.1, 0.15) is 24.5 Å². The molecule has 106 valence electrons. The molecule has 3 rings (SSSR count). The molecule has 0 aliphatic carbocycles. The van der Waals surface area contributed by atoms with Crippen molar-refractivity contribution in [3.8, 4) is 0 Å². The Balaban J connectivity index is 1.63. The highest BCUT2D eigenvalue weighted by molar-refractivity contribution is 5.76. The number of amides is 1. The number of likely N-dealkylation sites (tertiary alicyclic amines) is 1. The van der Waals surface area contributed by atoms with Gasteiger partial charge in [-0.2, -0.15) is 10.2 Å². The quantitative estimate of drug-likeness (QED) is 0.857. The van der Waals surface area contributed by atoms with Crippen molar-refractivity contribution < 1.29 is 4.79 Å². The van der Waals surface area contributed by atoms with E-state index in [1.54, 1.807) is 23.3 Å². The van der Waals surface area contributed by atoms with Gasteiger partial charge in [-0.15, -0.1) is 0 Å². The maximum Gasteiger partial charge on any atom is 0.244 e. The largest absolute Gasteiger partial charge is 0.396 e. The molecule has 3 heterocycles. The van der Waals surface area contributed by atoms with Crippen molar-refractivity contribution in [2.24, 2.45) is 0 Å². The lowest BCUT2D eigenvalue weighted by Gasteiger charge is -2.32. The van der Waals surface area contributed by atoms with E-state index in [4.69, 9.17) is 5.73 Å². The minimum absolute atomic E-state index is 0.0808. The second-order valence-electron chi connectivity index (χ2n) is 5.16. The van der Waals surface area contributed by atoms with Crippen molar-refractivity contribution in [3.05, 3.63) is 30.4 Å². The number of nitrogens with one attached hydrogen (secondary N) is 1. The highest BCUT2D eigenvalue weighted by atomic mass is 16.2. The zero-order chi connectivity index (χ0) is 13.9. The van der Waals surface area contributed by atoms with Gasteiger partial charge in [-0.05, 0) is 18.9 Å². The van der Waals surface area contributed by atoms with Gasteiger partial charge in [-0.3, -0.25) is 14.6 Å². The number of hydrogen-bond acceptors (Lipinski definition) is 4. The van der Waals surface area contributed by atoms with Gasteiger partial charge in [0.05, 0.1) is 11.9 Å². The molecule has 0 radical (unpaired) electrons. The van der Waals surface area contributed by atoms with Crippen LogP contribution in [0, 0.1) is 0 Å². The average molecular weight is 274 g/mol. The van der Waals surface area contributed by atoms with Gasteiger partial charge in [0.15, 0.2) is 0 Å². The third-order valence-corrected chi connectivity index (χ3v) is 3.69. The van der Waals surface area contributed by atoms with E-state index in [0.29, 0.717) is 11.6 Å². The zero-order valence-corrected chi connectivity index (χ0v) is 11.2. The lowest BCUT2D eigenvalue weighted by atomic mass is 9.95. The van der Waals surface area contributed by atoms with E-state index in [1.807, 2.05) is 11.0 Å². The molecule has 0 aromatic carbocycles. The van der Waals surface area contributed by atoms with E-state index in [0.717, 1.165) is 31.6 Å². The Morgan fingerprint density at radius 1 is 1.55 bits per heavy atom. The molecule has 20 heavy (non-hydrogen) atoms. The number of anilines is 1. The summed E-state index contributed by atoms with van der Waals surface area (Å²) in [4.78, 5) is 14.2. The molecule has 1 aliphatic heterocycles. The van der Waals surface area contributed by atoms with Gasteiger partial charge < -0.3 is 10.6 Å². The van der Waals surface area contributed by atoms with E-state index in [1.165, 1.54) is 0 Å². The molecular weight excluding hydrogens is 256 g/mol. The Labute approximate surface area is 116 Å². The molecule has 2 aromatic rings. The Morgan fingerprint density at radius 3 is 3.15 bits per heavy atom. The number of rotatable bonds is 3.